The fourth-order valence-electron chi connectivity index (χ4n) is 5.92. The Morgan fingerprint density at radius 1 is 0.578 bits per heavy atom. The standard InChI is InChI=1S/C37H40O6Si2/c1-23(38)19-40-25(3)21-42-33-15-13-27(17-35(33)44)37(31-11-7-5-9-29(31)30-10-6-8-12-32(30)37)28-14-16-34(36(45)18-28)43-22-26(4)41-20-24(2)39/h5-18,23-26,38-39H,19-22H2,1-4H3. The number of aliphatic hydroxyl groups is 2. The van der Waals surface area contributed by atoms with Crippen LogP contribution in [0.25, 0.3) is 11.1 Å². The highest BCUT2D eigenvalue weighted by atomic mass is 28.1. The van der Waals surface area contributed by atoms with Crippen molar-refractivity contribution in [3.05, 3.63) is 107 Å². The second-order valence-corrected chi connectivity index (χ2v) is 12.9. The SMILES string of the molecule is CC(O)COC(C)COc1ccc(C2(c3ccc(OCC(C)OCC(C)O)c([Si])c3)c3ccccc3-c3ccccc32)cc1[Si]. The third kappa shape index (κ3) is 7.11. The van der Waals surface area contributed by atoms with E-state index in [-0.39, 0.29) is 25.4 Å². The average molecular weight is 637 g/mol. The molecule has 0 saturated heterocycles. The van der Waals surface area contributed by atoms with E-state index in [0.29, 0.717) is 24.7 Å². The normalized spacial score (nSPS) is 15.9. The largest absolute Gasteiger partial charge is 0.491 e. The van der Waals surface area contributed by atoms with Crippen molar-refractivity contribution < 1.29 is 29.2 Å². The van der Waals surface area contributed by atoms with Crippen LogP contribution in [-0.4, -0.2) is 81.5 Å². The van der Waals surface area contributed by atoms with Gasteiger partial charge in [-0.05, 0) is 83.6 Å². The first kappa shape index (κ1) is 33.1. The molecule has 4 aromatic rings. The minimum atomic E-state index is -0.603. The number of aliphatic hydroxyl groups excluding tert-OH is 2. The minimum absolute atomic E-state index is 0.170. The van der Waals surface area contributed by atoms with Crippen molar-refractivity contribution in [1.82, 2.24) is 0 Å². The zero-order chi connectivity index (χ0) is 32.1. The van der Waals surface area contributed by atoms with Gasteiger partial charge < -0.3 is 29.2 Å². The van der Waals surface area contributed by atoms with Gasteiger partial charge >= 0.3 is 0 Å². The summed E-state index contributed by atoms with van der Waals surface area (Å²) in [4.78, 5) is 0. The van der Waals surface area contributed by atoms with Crippen molar-refractivity contribution in [2.45, 2.75) is 57.5 Å². The summed E-state index contributed by atoms with van der Waals surface area (Å²) in [5, 5.41) is 20.8. The first-order chi connectivity index (χ1) is 21.6. The summed E-state index contributed by atoms with van der Waals surface area (Å²) in [6.45, 7) is 8.51. The van der Waals surface area contributed by atoms with Gasteiger partial charge in [0, 0.05) is 0 Å². The Hall–Kier alpha value is -3.25. The maximum atomic E-state index is 9.54. The van der Waals surface area contributed by atoms with Crippen LogP contribution in [0.3, 0.4) is 0 Å². The lowest BCUT2D eigenvalue weighted by atomic mass is 9.67. The van der Waals surface area contributed by atoms with Gasteiger partial charge in [0.1, 0.15) is 24.7 Å². The Morgan fingerprint density at radius 3 is 1.36 bits per heavy atom. The fourth-order valence-corrected chi connectivity index (χ4v) is 6.54. The molecule has 8 heteroatoms. The fraction of sp³-hybridized carbons (Fsp3) is 0.351. The van der Waals surface area contributed by atoms with Crippen molar-refractivity contribution in [1.29, 1.82) is 0 Å². The molecule has 0 aliphatic heterocycles. The van der Waals surface area contributed by atoms with Gasteiger partial charge in [0.2, 0.25) is 0 Å². The van der Waals surface area contributed by atoms with E-state index in [1.54, 1.807) is 13.8 Å². The zero-order valence-electron chi connectivity index (χ0n) is 26.2. The van der Waals surface area contributed by atoms with Gasteiger partial charge in [0.05, 0.1) is 63.5 Å². The van der Waals surface area contributed by atoms with Crippen LogP contribution in [0, 0.1) is 0 Å². The summed E-state index contributed by atoms with van der Waals surface area (Å²) in [7, 11) is 7.73. The Labute approximate surface area is 273 Å². The van der Waals surface area contributed by atoms with Gasteiger partial charge in [-0.3, -0.25) is 0 Å². The number of hydrogen-bond acceptors (Lipinski definition) is 6. The molecule has 45 heavy (non-hydrogen) atoms. The van der Waals surface area contributed by atoms with Gasteiger partial charge in [0.25, 0.3) is 0 Å². The Bertz CT molecular complexity index is 1480. The molecule has 0 aromatic heterocycles. The van der Waals surface area contributed by atoms with Gasteiger partial charge in [-0.15, -0.1) is 0 Å². The lowest BCUT2D eigenvalue weighted by molar-refractivity contribution is -0.0130. The predicted octanol–water partition coefficient (Wildman–Crippen LogP) is 3.97. The van der Waals surface area contributed by atoms with Crippen LogP contribution in [0.4, 0.5) is 0 Å². The molecule has 0 saturated carbocycles. The van der Waals surface area contributed by atoms with Crippen molar-refractivity contribution in [2.24, 2.45) is 0 Å². The van der Waals surface area contributed by atoms with Gasteiger partial charge in [-0.25, -0.2) is 0 Å². The number of rotatable bonds is 14. The average Bonchev–Trinajstić information content (AvgIpc) is 3.32. The van der Waals surface area contributed by atoms with E-state index in [0.717, 1.165) is 21.5 Å². The molecule has 0 spiro atoms. The molecular weight excluding hydrogens is 597 g/mol. The summed E-state index contributed by atoms with van der Waals surface area (Å²) in [6.07, 6.45) is -1.39. The first-order valence-electron chi connectivity index (χ1n) is 15.4. The number of fused-ring (bicyclic) bond motifs is 3. The molecule has 0 fully saturated rings. The highest BCUT2D eigenvalue weighted by molar-refractivity contribution is 6.34. The molecule has 6 nitrogen and oxygen atoms in total. The third-order valence-corrected chi connectivity index (χ3v) is 8.75. The zero-order valence-corrected chi connectivity index (χ0v) is 28.2. The highest BCUT2D eigenvalue weighted by Gasteiger charge is 2.46. The van der Waals surface area contributed by atoms with Crippen LogP contribution >= 0.6 is 0 Å². The predicted molar refractivity (Wildman–Crippen MR) is 180 cm³/mol. The van der Waals surface area contributed by atoms with Gasteiger partial charge in [-0.1, -0.05) is 72.8 Å². The van der Waals surface area contributed by atoms with Crippen molar-refractivity contribution >= 4 is 30.9 Å². The molecule has 2 N–H and O–H groups in total. The Kier molecular flexibility index (Phi) is 10.6. The van der Waals surface area contributed by atoms with Crippen LogP contribution in [0.5, 0.6) is 11.5 Å². The highest BCUT2D eigenvalue weighted by Crippen LogP contribution is 2.55. The second kappa shape index (κ2) is 14.5. The molecule has 5 rings (SSSR count). The van der Waals surface area contributed by atoms with E-state index in [1.807, 2.05) is 26.0 Å². The monoisotopic (exact) mass is 636 g/mol. The summed E-state index contributed by atoms with van der Waals surface area (Å²) in [5.41, 5.74) is 6.39. The molecular formula is C37H40O6Si2. The maximum absolute atomic E-state index is 9.54. The third-order valence-electron chi connectivity index (χ3n) is 7.97. The smallest absolute Gasteiger partial charge is 0.117 e. The number of benzene rings is 4. The van der Waals surface area contributed by atoms with Gasteiger partial charge in [0.15, 0.2) is 0 Å². The molecule has 1 aliphatic carbocycles. The number of ether oxygens (including phenoxy) is 4. The molecule has 4 aromatic carbocycles. The molecule has 1 aliphatic rings. The Morgan fingerprint density at radius 2 is 0.978 bits per heavy atom. The summed E-state index contributed by atoms with van der Waals surface area (Å²) in [6, 6.07) is 29.8. The summed E-state index contributed by atoms with van der Waals surface area (Å²) >= 11 is 0. The lowest BCUT2D eigenvalue weighted by Crippen LogP contribution is -2.31. The summed E-state index contributed by atoms with van der Waals surface area (Å²) < 4.78 is 23.6. The molecule has 0 amide bonds. The van der Waals surface area contributed by atoms with Crippen LogP contribution in [0.2, 0.25) is 0 Å². The second-order valence-electron chi connectivity index (χ2n) is 11.9. The van der Waals surface area contributed by atoms with Crippen molar-refractivity contribution in [3.8, 4) is 22.6 Å². The van der Waals surface area contributed by atoms with E-state index in [9.17, 15) is 10.2 Å². The first-order valence-corrected chi connectivity index (χ1v) is 16.4. The number of hydrogen-bond donors (Lipinski definition) is 2. The summed E-state index contributed by atoms with van der Waals surface area (Å²) in [5.74, 6) is 1.43. The Balaban J connectivity index is 1.53. The molecule has 232 valence electrons. The quantitative estimate of drug-likeness (QED) is 0.180. The lowest BCUT2D eigenvalue weighted by Gasteiger charge is -2.35. The van der Waals surface area contributed by atoms with E-state index < -0.39 is 17.6 Å². The van der Waals surface area contributed by atoms with E-state index in [1.165, 1.54) is 22.3 Å². The van der Waals surface area contributed by atoms with E-state index in [2.05, 4.69) is 93.3 Å². The molecule has 4 unspecified atom stereocenters. The van der Waals surface area contributed by atoms with Crippen molar-refractivity contribution in [3.63, 3.8) is 0 Å². The maximum Gasteiger partial charge on any atom is 0.117 e. The molecule has 6 radical (unpaired) electrons. The van der Waals surface area contributed by atoms with Crippen molar-refractivity contribution in [2.75, 3.05) is 26.4 Å². The minimum Gasteiger partial charge on any atom is -0.491 e. The van der Waals surface area contributed by atoms with Crippen LogP contribution in [-0.2, 0) is 14.9 Å². The van der Waals surface area contributed by atoms with Crippen LogP contribution in [0.15, 0.2) is 84.9 Å². The van der Waals surface area contributed by atoms with Gasteiger partial charge in [-0.2, -0.15) is 0 Å². The van der Waals surface area contributed by atoms with Crippen LogP contribution in [0.1, 0.15) is 49.9 Å². The van der Waals surface area contributed by atoms with E-state index >= 15 is 0 Å². The topological polar surface area (TPSA) is 77.4 Å². The van der Waals surface area contributed by atoms with Crippen LogP contribution < -0.4 is 19.8 Å². The molecule has 4 atom stereocenters. The van der Waals surface area contributed by atoms with E-state index in [4.69, 9.17) is 18.9 Å². The molecule has 0 bridgehead atoms. The molecule has 0 heterocycles.